The fraction of sp³-hybridized carbons (Fsp3) is 0.417. The average molecular weight is 491 g/mol. The van der Waals surface area contributed by atoms with E-state index in [0.29, 0.717) is 35.8 Å². The molecule has 1 aliphatic rings. The topological polar surface area (TPSA) is 111 Å². The largest absolute Gasteiger partial charge is 0.497 e. The van der Waals surface area contributed by atoms with Gasteiger partial charge in [0.2, 0.25) is 10.0 Å². The minimum Gasteiger partial charge on any atom is -0.497 e. The Morgan fingerprint density at radius 2 is 1.71 bits per heavy atom. The Morgan fingerprint density at radius 1 is 1.00 bits per heavy atom. The van der Waals surface area contributed by atoms with Crippen molar-refractivity contribution < 1.29 is 32.2 Å². The predicted molar refractivity (Wildman–Crippen MR) is 127 cm³/mol. The molecule has 1 amide bonds. The van der Waals surface area contributed by atoms with Crippen LogP contribution in [-0.2, 0) is 19.6 Å². The van der Waals surface area contributed by atoms with Gasteiger partial charge >= 0.3 is 5.97 Å². The summed E-state index contributed by atoms with van der Waals surface area (Å²) >= 11 is 0. The first-order valence-electron chi connectivity index (χ1n) is 11.0. The van der Waals surface area contributed by atoms with Crippen LogP contribution in [0.2, 0.25) is 0 Å². The third-order valence-electron chi connectivity index (χ3n) is 5.67. The number of anilines is 1. The summed E-state index contributed by atoms with van der Waals surface area (Å²) in [6, 6.07) is 9.29. The molecule has 0 radical (unpaired) electrons. The van der Waals surface area contributed by atoms with Crippen LogP contribution in [0.25, 0.3) is 0 Å². The van der Waals surface area contributed by atoms with Crippen molar-refractivity contribution in [3.63, 3.8) is 0 Å². The number of esters is 1. The molecule has 2 aromatic rings. The van der Waals surface area contributed by atoms with Crippen LogP contribution in [0.15, 0.2) is 41.3 Å². The highest BCUT2D eigenvalue weighted by atomic mass is 32.2. The first-order chi connectivity index (χ1) is 16.2. The molecule has 0 bridgehead atoms. The van der Waals surface area contributed by atoms with Crippen molar-refractivity contribution in [3.8, 4) is 11.5 Å². The zero-order valence-corrected chi connectivity index (χ0v) is 20.6. The number of rotatable bonds is 8. The molecule has 1 saturated heterocycles. The molecule has 10 heteroatoms. The lowest BCUT2D eigenvalue weighted by Crippen LogP contribution is -2.36. The number of sulfonamides is 1. The fourth-order valence-corrected chi connectivity index (χ4v) is 5.45. The minimum absolute atomic E-state index is 0.0554. The van der Waals surface area contributed by atoms with E-state index in [2.05, 4.69) is 5.32 Å². The molecule has 1 atom stereocenters. The second-order valence-electron chi connectivity index (χ2n) is 8.05. The van der Waals surface area contributed by atoms with E-state index in [4.69, 9.17) is 14.2 Å². The summed E-state index contributed by atoms with van der Waals surface area (Å²) in [7, 11) is -0.763. The monoisotopic (exact) mass is 490 g/mol. The standard InChI is InChI=1S/C24H30N2O7S/c1-16-8-9-18(14-22(16)34(29,30)26-12-6-5-7-13-26)24(28)33-17(2)23(27)25-20-15-19(31-3)10-11-21(20)32-4/h8-11,14-15,17H,5-7,12-13H2,1-4H3,(H,25,27). The quantitative estimate of drug-likeness (QED) is 0.565. The van der Waals surface area contributed by atoms with E-state index in [9.17, 15) is 18.0 Å². The molecule has 184 valence electrons. The average Bonchev–Trinajstić information content (AvgIpc) is 2.84. The van der Waals surface area contributed by atoms with Crippen molar-refractivity contribution >= 4 is 27.6 Å². The number of hydrogen-bond donors (Lipinski definition) is 1. The first kappa shape index (κ1) is 25.5. The van der Waals surface area contributed by atoms with Crippen molar-refractivity contribution in [1.29, 1.82) is 0 Å². The zero-order valence-electron chi connectivity index (χ0n) is 19.8. The van der Waals surface area contributed by atoms with Gasteiger partial charge in [-0.05, 0) is 56.5 Å². The van der Waals surface area contributed by atoms with Crippen LogP contribution >= 0.6 is 0 Å². The molecule has 0 aliphatic carbocycles. The Hall–Kier alpha value is -3.11. The van der Waals surface area contributed by atoms with Crippen molar-refractivity contribution in [2.24, 2.45) is 0 Å². The van der Waals surface area contributed by atoms with Gasteiger partial charge in [0.15, 0.2) is 6.10 Å². The Labute approximate surface area is 200 Å². The summed E-state index contributed by atoms with van der Waals surface area (Å²) in [5, 5.41) is 2.66. The lowest BCUT2D eigenvalue weighted by molar-refractivity contribution is -0.123. The van der Waals surface area contributed by atoms with Gasteiger partial charge in [-0.1, -0.05) is 12.5 Å². The lowest BCUT2D eigenvalue weighted by atomic mass is 10.1. The van der Waals surface area contributed by atoms with Crippen molar-refractivity contribution in [1.82, 2.24) is 4.31 Å². The van der Waals surface area contributed by atoms with Crippen LogP contribution in [-0.4, -0.2) is 58.0 Å². The summed E-state index contributed by atoms with van der Waals surface area (Å²) in [6.45, 7) is 4.03. The van der Waals surface area contributed by atoms with Gasteiger partial charge in [0.25, 0.3) is 5.91 Å². The van der Waals surface area contributed by atoms with Gasteiger partial charge in [-0.3, -0.25) is 4.79 Å². The third-order valence-corrected chi connectivity index (χ3v) is 7.71. The number of nitrogens with one attached hydrogen (secondary N) is 1. The highest BCUT2D eigenvalue weighted by molar-refractivity contribution is 7.89. The Kier molecular flexibility index (Phi) is 8.16. The Bertz CT molecular complexity index is 1160. The molecule has 2 aromatic carbocycles. The molecule has 1 unspecified atom stereocenters. The van der Waals surface area contributed by atoms with E-state index < -0.39 is 28.0 Å². The summed E-state index contributed by atoms with van der Waals surface area (Å²) < 4.78 is 43.4. The molecule has 0 saturated carbocycles. The van der Waals surface area contributed by atoms with E-state index in [1.54, 1.807) is 31.2 Å². The van der Waals surface area contributed by atoms with E-state index in [0.717, 1.165) is 19.3 Å². The van der Waals surface area contributed by atoms with Crippen molar-refractivity contribution in [2.45, 2.75) is 44.1 Å². The molecule has 34 heavy (non-hydrogen) atoms. The third kappa shape index (κ3) is 5.68. The lowest BCUT2D eigenvalue weighted by Gasteiger charge is -2.26. The van der Waals surface area contributed by atoms with Gasteiger partial charge in [0.05, 0.1) is 30.4 Å². The summed E-state index contributed by atoms with van der Waals surface area (Å²) in [6.07, 6.45) is 1.47. The number of methoxy groups -OCH3 is 2. The molecule has 1 N–H and O–H groups in total. The van der Waals surface area contributed by atoms with Gasteiger partial charge in [-0.2, -0.15) is 4.31 Å². The highest BCUT2D eigenvalue weighted by Gasteiger charge is 2.29. The molecular formula is C24H30N2O7S. The van der Waals surface area contributed by atoms with Crippen LogP contribution in [0.3, 0.4) is 0 Å². The number of ether oxygens (including phenoxy) is 3. The molecule has 9 nitrogen and oxygen atoms in total. The number of piperidine rings is 1. The molecule has 0 aromatic heterocycles. The molecule has 1 fully saturated rings. The number of nitrogens with zero attached hydrogens (tertiary/aromatic N) is 1. The van der Waals surface area contributed by atoms with Gasteiger partial charge in [0.1, 0.15) is 11.5 Å². The normalized spacial score (nSPS) is 15.3. The minimum atomic E-state index is -3.73. The number of carbonyl (C=O) groups is 2. The highest BCUT2D eigenvalue weighted by Crippen LogP contribution is 2.29. The van der Waals surface area contributed by atoms with Gasteiger partial charge < -0.3 is 19.5 Å². The first-order valence-corrected chi connectivity index (χ1v) is 12.5. The number of carbonyl (C=O) groups excluding carboxylic acids is 2. The molecule has 1 aliphatic heterocycles. The molecule has 3 rings (SSSR count). The van der Waals surface area contributed by atoms with E-state index in [-0.39, 0.29) is 10.5 Å². The van der Waals surface area contributed by atoms with E-state index >= 15 is 0 Å². The second-order valence-corrected chi connectivity index (χ2v) is 9.95. The Balaban J connectivity index is 1.74. The van der Waals surface area contributed by atoms with Crippen molar-refractivity contribution in [2.75, 3.05) is 32.6 Å². The van der Waals surface area contributed by atoms with Crippen LogP contribution < -0.4 is 14.8 Å². The summed E-state index contributed by atoms with van der Waals surface area (Å²) in [4.78, 5) is 25.5. The molecule has 0 spiro atoms. The maximum absolute atomic E-state index is 13.1. The number of aryl methyl sites for hydroxylation is 1. The fourth-order valence-electron chi connectivity index (χ4n) is 3.68. The number of amides is 1. The zero-order chi connectivity index (χ0) is 24.9. The van der Waals surface area contributed by atoms with Gasteiger partial charge in [0, 0.05) is 19.2 Å². The maximum atomic E-state index is 13.1. The smallest absolute Gasteiger partial charge is 0.338 e. The second kappa shape index (κ2) is 10.9. The van der Waals surface area contributed by atoms with Crippen LogP contribution in [0, 0.1) is 6.92 Å². The van der Waals surface area contributed by atoms with Crippen LogP contribution in [0.5, 0.6) is 11.5 Å². The number of benzene rings is 2. The van der Waals surface area contributed by atoms with E-state index in [1.165, 1.54) is 37.6 Å². The number of hydrogen-bond acceptors (Lipinski definition) is 7. The van der Waals surface area contributed by atoms with E-state index in [1.807, 2.05) is 0 Å². The summed E-state index contributed by atoms with van der Waals surface area (Å²) in [5.74, 6) is -0.440. The SMILES string of the molecule is COc1ccc(OC)c(NC(=O)C(C)OC(=O)c2ccc(C)c(S(=O)(=O)N3CCCCC3)c2)c1. The molecular weight excluding hydrogens is 460 g/mol. The maximum Gasteiger partial charge on any atom is 0.338 e. The predicted octanol–water partition coefficient (Wildman–Crippen LogP) is 3.37. The summed E-state index contributed by atoms with van der Waals surface area (Å²) in [5.41, 5.74) is 0.956. The van der Waals surface area contributed by atoms with Crippen molar-refractivity contribution in [3.05, 3.63) is 47.5 Å². The van der Waals surface area contributed by atoms with Gasteiger partial charge in [-0.25, -0.2) is 13.2 Å². The van der Waals surface area contributed by atoms with Crippen LogP contribution in [0.1, 0.15) is 42.1 Å². The Morgan fingerprint density at radius 3 is 2.35 bits per heavy atom. The van der Waals surface area contributed by atoms with Gasteiger partial charge in [-0.15, -0.1) is 0 Å². The molecule has 1 heterocycles. The van der Waals surface area contributed by atoms with Crippen LogP contribution in [0.4, 0.5) is 5.69 Å².